The van der Waals surface area contributed by atoms with Crippen LogP contribution in [0.5, 0.6) is 0 Å². The first-order valence-corrected chi connectivity index (χ1v) is 7.56. The van der Waals surface area contributed by atoms with Gasteiger partial charge in [0.05, 0.1) is 17.2 Å². The summed E-state index contributed by atoms with van der Waals surface area (Å²) in [6, 6.07) is 0. The molecule has 21 heavy (non-hydrogen) atoms. The number of carbonyl (C=O) groups excluding carboxylic acids is 2. The van der Waals surface area contributed by atoms with E-state index in [1.54, 1.807) is 6.92 Å². The quantitative estimate of drug-likeness (QED) is 0.823. The number of aryl methyl sites for hydroxylation is 1. The van der Waals surface area contributed by atoms with E-state index < -0.39 is 5.97 Å². The molecule has 0 bridgehead atoms. The average Bonchev–Trinajstić information content (AvgIpc) is 2.79. The van der Waals surface area contributed by atoms with Crippen LogP contribution < -0.4 is 11.5 Å². The lowest BCUT2D eigenvalue weighted by atomic mass is 9.94. The monoisotopic (exact) mass is 305 g/mol. The highest BCUT2D eigenvalue weighted by Crippen LogP contribution is 2.40. The van der Waals surface area contributed by atoms with Gasteiger partial charge in [-0.2, -0.15) is 0 Å². The zero-order valence-electron chi connectivity index (χ0n) is 11.6. The number of hydrogen-bond donors (Lipinski definition) is 2. The number of thiophene rings is 1. The van der Waals surface area contributed by atoms with Crippen molar-refractivity contribution in [1.82, 2.24) is 4.98 Å². The van der Waals surface area contributed by atoms with Crippen molar-refractivity contribution in [3.05, 3.63) is 16.0 Å². The van der Waals surface area contributed by atoms with Gasteiger partial charge in [-0.05, 0) is 25.3 Å². The molecule has 3 rings (SSSR count). The third-order valence-electron chi connectivity index (χ3n) is 3.57. The maximum absolute atomic E-state index is 12.0. The molecule has 1 aliphatic rings. The third kappa shape index (κ3) is 2.04. The van der Waals surface area contributed by atoms with Gasteiger partial charge in [-0.25, -0.2) is 9.78 Å². The highest BCUT2D eigenvalue weighted by Gasteiger charge is 2.28. The Bertz CT molecular complexity index is 767. The van der Waals surface area contributed by atoms with Gasteiger partial charge >= 0.3 is 5.97 Å². The molecule has 4 N–H and O–H groups in total. The molecule has 0 spiro atoms. The van der Waals surface area contributed by atoms with Gasteiger partial charge in [-0.3, -0.25) is 4.79 Å². The molecular formula is C14H15N3O3S. The number of anilines is 2. The average molecular weight is 305 g/mol. The van der Waals surface area contributed by atoms with Crippen LogP contribution in [0, 0.1) is 0 Å². The van der Waals surface area contributed by atoms with Crippen LogP contribution >= 0.6 is 11.3 Å². The number of fused-ring (bicyclic) bond motifs is 3. The Balaban J connectivity index is 2.29. The molecule has 0 aromatic carbocycles. The molecular weight excluding hydrogens is 290 g/mol. The van der Waals surface area contributed by atoms with E-state index in [4.69, 9.17) is 16.2 Å². The van der Waals surface area contributed by atoms with E-state index in [1.807, 2.05) is 0 Å². The van der Waals surface area contributed by atoms with Crippen LogP contribution in [-0.4, -0.2) is 23.3 Å². The standard InChI is InChI=1S/C14H15N3O3S/c1-2-20-14(19)9-10(15)8-6-4-3-5-7(18)11(6)21-13(8)17-12(9)16/h2-5H2,1H3,(H4,15,16,17). The zero-order valence-corrected chi connectivity index (χ0v) is 12.4. The van der Waals surface area contributed by atoms with Gasteiger partial charge in [0.15, 0.2) is 5.78 Å². The van der Waals surface area contributed by atoms with Gasteiger partial charge in [0, 0.05) is 11.8 Å². The van der Waals surface area contributed by atoms with Crippen molar-refractivity contribution < 1.29 is 14.3 Å². The smallest absolute Gasteiger partial charge is 0.344 e. The highest BCUT2D eigenvalue weighted by atomic mass is 32.1. The summed E-state index contributed by atoms with van der Waals surface area (Å²) in [5.74, 6) is -0.427. The van der Waals surface area contributed by atoms with Crippen LogP contribution in [0.3, 0.4) is 0 Å². The SMILES string of the molecule is CCOC(=O)c1c(N)nc2sc3c(c2c1N)CCCC3=O. The molecule has 110 valence electrons. The number of nitrogens with zero attached hydrogens (tertiary/aromatic N) is 1. The molecule has 0 radical (unpaired) electrons. The summed E-state index contributed by atoms with van der Waals surface area (Å²) in [6.45, 7) is 1.94. The van der Waals surface area contributed by atoms with Gasteiger partial charge in [0.2, 0.25) is 0 Å². The maximum atomic E-state index is 12.0. The Hall–Kier alpha value is -2.15. The number of nitrogens with two attached hydrogens (primary N) is 2. The predicted molar refractivity (Wildman–Crippen MR) is 81.7 cm³/mol. The summed E-state index contributed by atoms with van der Waals surface area (Å²) in [5, 5.41) is 0.681. The second-order valence-electron chi connectivity index (χ2n) is 4.87. The molecule has 0 unspecified atom stereocenters. The highest BCUT2D eigenvalue weighted by molar-refractivity contribution is 7.20. The number of aromatic nitrogens is 1. The van der Waals surface area contributed by atoms with E-state index in [0.717, 1.165) is 18.4 Å². The fraction of sp³-hybridized carbons (Fsp3) is 0.357. The second-order valence-corrected chi connectivity index (χ2v) is 5.87. The summed E-state index contributed by atoms with van der Waals surface area (Å²) in [4.78, 5) is 29.5. The number of carbonyl (C=O) groups is 2. The summed E-state index contributed by atoms with van der Waals surface area (Å²) >= 11 is 1.30. The molecule has 0 saturated carbocycles. The van der Waals surface area contributed by atoms with Gasteiger partial charge in [-0.1, -0.05) is 0 Å². The van der Waals surface area contributed by atoms with E-state index >= 15 is 0 Å². The summed E-state index contributed by atoms with van der Waals surface area (Å²) in [7, 11) is 0. The number of ketones is 1. The molecule has 2 aromatic heterocycles. The van der Waals surface area contributed by atoms with Crippen molar-refractivity contribution in [3.8, 4) is 0 Å². The minimum absolute atomic E-state index is 0.0458. The Morgan fingerprint density at radius 3 is 2.86 bits per heavy atom. The summed E-state index contributed by atoms with van der Waals surface area (Å²) in [6.07, 6.45) is 2.09. The van der Waals surface area contributed by atoms with Crippen LogP contribution in [0.4, 0.5) is 11.5 Å². The van der Waals surface area contributed by atoms with Gasteiger partial charge < -0.3 is 16.2 Å². The first kappa shape index (κ1) is 13.8. The molecule has 2 aromatic rings. The van der Waals surface area contributed by atoms with E-state index in [0.29, 0.717) is 21.5 Å². The van der Waals surface area contributed by atoms with Crippen LogP contribution in [-0.2, 0) is 11.2 Å². The number of pyridine rings is 1. The fourth-order valence-electron chi connectivity index (χ4n) is 2.66. The van der Waals surface area contributed by atoms with Crippen molar-refractivity contribution >= 4 is 44.8 Å². The van der Waals surface area contributed by atoms with Crippen LogP contribution in [0.15, 0.2) is 0 Å². The molecule has 1 aliphatic carbocycles. The second kappa shape index (κ2) is 5.00. The minimum atomic E-state index is -0.580. The van der Waals surface area contributed by atoms with Crippen molar-refractivity contribution in [2.45, 2.75) is 26.2 Å². The Kier molecular flexibility index (Phi) is 3.29. The van der Waals surface area contributed by atoms with E-state index in [2.05, 4.69) is 4.98 Å². The maximum Gasteiger partial charge on any atom is 0.344 e. The van der Waals surface area contributed by atoms with Crippen molar-refractivity contribution in [2.75, 3.05) is 18.1 Å². The Labute approximate surface area is 125 Å². The number of Topliss-reactive ketones (excluding diaryl/α,β-unsaturated/α-hetero) is 1. The molecule has 0 saturated heterocycles. The molecule has 0 atom stereocenters. The molecule has 7 heteroatoms. The van der Waals surface area contributed by atoms with Crippen LogP contribution in [0.25, 0.3) is 10.2 Å². The van der Waals surface area contributed by atoms with Gasteiger partial charge in [0.1, 0.15) is 16.2 Å². The van der Waals surface area contributed by atoms with E-state index in [-0.39, 0.29) is 29.5 Å². The topological polar surface area (TPSA) is 108 Å². The van der Waals surface area contributed by atoms with Crippen LogP contribution in [0.2, 0.25) is 0 Å². The predicted octanol–water partition coefficient (Wildman–Crippen LogP) is 2.16. The molecule has 0 amide bonds. The number of esters is 1. The molecule has 2 heterocycles. The zero-order chi connectivity index (χ0) is 15.1. The van der Waals surface area contributed by atoms with Crippen molar-refractivity contribution in [2.24, 2.45) is 0 Å². The first-order chi connectivity index (χ1) is 10.0. The summed E-state index contributed by atoms with van der Waals surface area (Å²) in [5.41, 5.74) is 13.2. The van der Waals surface area contributed by atoms with E-state index in [9.17, 15) is 9.59 Å². The fourth-order valence-corrected chi connectivity index (χ4v) is 3.87. The number of ether oxygens (including phenoxy) is 1. The van der Waals surface area contributed by atoms with Crippen LogP contribution in [0.1, 0.15) is 45.4 Å². The molecule has 0 fully saturated rings. The Morgan fingerprint density at radius 2 is 2.14 bits per heavy atom. The van der Waals surface area contributed by atoms with Gasteiger partial charge in [-0.15, -0.1) is 11.3 Å². The molecule has 0 aliphatic heterocycles. The lowest BCUT2D eigenvalue weighted by Crippen LogP contribution is -2.13. The van der Waals surface area contributed by atoms with Gasteiger partial charge in [0.25, 0.3) is 0 Å². The van der Waals surface area contributed by atoms with Crippen molar-refractivity contribution in [3.63, 3.8) is 0 Å². The normalized spacial score (nSPS) is 14.2. The largest absolute Gasteiger partial charge is 0.462 e. The third-order valence-corrected chi connectivity index (χ3v) is 4.74. The van der Waals surface area contributed by atoms with Crippen molar-refractivity contribution in [1.29, 1.82) is 0 Å². The number of hydrogen-bond acceptors (Lipinski definition) is 7. The Morgan fingerprint density at radius 1 is 1.38 bits per heavy atom. The summed E-state index contributed by atoms with van der Waals surface area (Å²) < 4.78 is 4.98. The van der Waals surface area contributed by atoms with E-state index in [1.165, 1.54) is 11.3 Å². The lowest BCUT2D eigenvalue weighted by Gasteiger charge is -2.12. The number of nitrogen functional groups attached to an aromatic ring is 2. The molecule has 6 nitrogen and oxygen atoms in total. The lowest BCUT2D eigenvalue weighted by molar-refractivity contribution is 0.0528. The minimum Gasteiger partial charge on any atom is -0.462 e. The number of rotatable bonds is 2. The first-order valence-electron chi connectivity index (χ1n) is 6.75.